The number of para-hydroxylation sites is 1. The molecule has 3 aromatic carbocycles. The molecule has 5 heteroatoms. The minimum atomic E-state index is -0.288. The van der Waals surface area contributed by atoms with Crippen LogP contribution in [-0.2, 0) is 6.54 Å². The molecule has 0 radical (unpaired) electrons. The topological polar surface area (TPSA) is 46.1 Å². The lowest BCUT2D eigenvalue weighted by Gasteiger charge is -2.17. The van der Waals surface area contributed by atoms with Crippen LogP contribution in [0.4, 0.5) is 10.1 Å². The third-order valence-electron chi connectivity index (χ3n) is 5.87. The minimum Gasteiger partial charge on any atom is -0.342 e. The summed E-state index contributed by atoms with van der Waals surface area (Å²) in [5, 5.41) is 6.32. The van der Waals surface area contributed by atoms with E-state index in [0.717, 1.165) is 40.3 Å². The van der Waals surface area contributed by atoms with Crippen LogP contribution < -0.4 is 10.6 Å². The number of carbonyl (C=O) groups is 1. The van der Waals surface area contributed by atoms with Crippen molar-refractivity contribution in [2.75, 3.05) is 18.9 Å². The number of nitrogens with one attached hydrogen (secondary N) is 2. The van der Waals surface area contributed by atoms with Gasteiger partial charge in [-0.2, -0.15) is 0 Å². The van der Waals surface area contributed by atoms with E-state index in [1.165, 1.54) is 12.1 Å². The number of halogens is 1. The molecule has 0 aliphatic heterocycles. The molecule has 0 saturated heterocycles. The fourth-order valence-corrected chi connectivity index (χ4v) is 4.43. The van der Waals surface area contributed by atoms with E-state index in [1.807, 2.05) is 67.7 Å². The SMILES string of the molecule is CNCCn1c(-c2ccc(F)cc2)c(-c2ccccc2)c(C(=O)Nc2ccccc2)c1C(C)C. The first-order chi connectivity index (χ1) is 16.5. The van der Waals surface area contributed by atoms with Gasteiger partial charge >= 0.3 is 0 Å². The predicted octanol–water partition coefficient (Wildman–Crippen LogP) is 6.56. The van der Waals surface area contributed by atoms with Gasteiger partial charge in [0.15, 0.2) is 0 Å². The second kappa shape index (κ2) is 10.5. The first-order valence-electron chi connectivity index (χ1n) is 11.6. The van der Waals surface area contributed by atoms with Crippen molar-refractivity contribution in [1.29, 1.82) is 0 Å². The average Bonchev–Trinajstić information content (AvgIpc) is 3.20. The molecule has 4 nitrogen and oxygen atoms in total. The average molecular weight is 456 g/mol. The van der Waals surface area contributed by atoms with Crippen molar-refractivity contribution in [3.8, 4) is 22.4 Å². The highest BCUT2D eigenvalue weighted by Gasteiger charge is 2.30. The van der Waals surface area contributed by atoms with Crippen LogP contribution in [0.1, 0.15) is 35.8 Å². The van der Waals surface area contributed by atoms with Gasteiger partial charge in [-0.3, -0.25) is 4.79 Å². The fourth-order valence-electron chi connectivity index (χ4n) is 4.43. The summed E-state index contributed by atoms with van der Waals surface area (Å²) in [7, 11) is 1.91. The number of rotatable bonds is 8. The van der Waals surface area contributed by atoms with E-state index < -0.39 is 0 Å². The summed E-state index contributed by atoms with van der Waals surface area (Å²) in [4.78, 5) is 13.9. The molecule has 0 atom stereocenters. The molecular weight excluding hydrogens is 425 g/mol. The second-order valence-electron chi connectivity index (χ2n) is 8.59. The molecule has 0 unspecified atom stereocenters. The van der Waals surface area contributed by atoms with Gasteiger partial charge in [-0.25, -0.2) is 4.39 Å². The molecule has 0 bridgehead atoms. The number of benzene rings is 3. The largest absolute Gasteiger partial charge is 0.342 e. The Hall–Kier alpha value is -3.70. The quantitative estimate of drug-likeness (QED) is 0.316. The Balaban J connectivity index is 2.03. The van der Waals surface area contributed by atoms with E-state index in [2.05, 4.69) is 29.0 Å². The van der Waals surface area contributed by atoms with Crippen LogP contribution in [-0.4, -0.2) is 24.1 Å². The predicted molar refractivity (Wildman–Crippen MR) is 138 cm³/mol. The number of hydrogen-bond donors (Lipinski definition) is 2. The molecule has 0 aliphatic rings. The summed E-state index contributed by atoms with van der Waals surface area (Å²) in [6.07, 6.45) is 0. The van der Waals surface area contributed by atoms with Crippen molar-refractivity contribution < 1.29 is 9.18 Å². The van der Waals surface area contributed by atoms with Crippen molar-refractivity contribution in [2.24, 2.45) is 0 Å². The highest BCUT2D eigenvalue weighted by atomic mass is 19.1. The molecule has 4 aromatic rings. The zero-order valence-electron chi connectivity index (χ0n) is 19.8. The third-order valence-corrected chi connectivity index (χ3v) is 5.87. The lowest BCUT2D eigenvalue weighted by Crippen LogP contribution is -2.20. The fraction of sp³-hybridized carbons (Fsp3) is 0.207. The normalized spacial score (nSPS) is 11.1. The molecule has 0 saturated carbocycles. The summed E-state index contributed by atoms with van der Waals surface area (Å²) in [5.41, 5.74) is 5.96. The molecule has 174 valence electrons. The van der Waals surface area contributed by atoms with Crippen molar-refractivity contribution in [2.45, 2.75) is 26.3 Å². The van der Waals surface area contributed by atoms with E-state index in [-0.39, 0.29) is 17.6 Å². The zero-order valence-corrected chi connectivity index (χ0v) is 19.8. The lowest BCUT2D eigenvalue weighted by molar-refractivity contribution is 0.102. The Labute approximate surface area is 200 Å². The maximum atomic E-state index is 13.9. The Kier molecular flexibility index (Phi) is 7.24. The standard InChI is InChI=1S/C29H30FN3O/c1-20(2)27-26(29(34)32-24-12-8-5-9-13-24)25(21-10-6-4-7-11-21)28(33(27)19-18-31-3)22-14-16-23(30)17-15-22/h4-17,20,31H,18-19H2,1-3H3,(H,32,34). The smallest absolute Gasteiger partial charge is 0.258 e. The number of aromatic nitrogens is 1. The molecule has 34 heavy (non-hydrogen) atoms. The summed E-state index contributed by atoms with van der Waals surface area (Å²) < 4.78 is 16.1. The van der Waals surface area contributed by atoms with E-state index in [0.29, 0.717) is 12.1 Å². The summed E-state index contributed by atoms with van der Waals surface area (Å²) in [6.45, 7) is 5.62. The summed E-state index contributed by atoms with van der Waals surface area (Å²) in [6, 6.07) is 26.0. The van der Waals surface area contributed by atoms with Crippen molar-refractivity contribution in [3.05, 3.63) is 102 Å². The van der Waals surface area contributed by atoms with Crippen LogP contribution in [0.3, 0.4) is 0 Å². The Morgan fingerprint density at radius 2 is 1.50 bits per heavy atom. The van der Waals surface area contributed by atoms with Crippen LogP contribution in [0.2, 0.25) is 0 Å². The molecule has 0 spiro atoms. The number of nitrogens with zero attached hydrogens (tertiary/aromatic N) is 1. The van der Waals surface area contributed by atoms with Gasteiger partial charge in [0.2, 0.25) is 0 Å². The Morgan fingerprint density at radius 3 is 2.09 bits per heavy atom. The molecule has 1 heterocycles. The number of likely N-dealkylation sites (N-methyl/N-ethyl adjacent to an activating group) is 1. The monoisotopic (exact) mass is 455 g/mol. The maximum absolute atomic E-state index is 13.9. The number of carbonyl (C=O) groups excluding carboxylic acids is 1. The van der Waals surface area contributed by atoms with Crippen LogP contribution >= 0.6 is 0 Å². The highest BCUT2D eigenvalue weighted by molar-refractivity contribution is 6.12. The van der Waals surface area contributed by atoms with Gasteiger partial charge in [0.05, 0.1) is 11.3 Å². The van der Waals surface area contributed by atoms with Gasteiger partial charge < -0.3 is 15.2 Å². The molecular formula is C29H30FN3O. The van der Waals surface area contributed by atoms with Gasteiger partial charge in [0.1, 0.15) is 5.82 Å². The van der Waals surface area contributed by atoms with E-state index in [4.69, 9.17) is 0 Å². The lowest BCUT2D eigenvalue weighted by atomic mass is 9.94. The van der Waals surface area contributed by atoms with Crippen molar-refractivity contribution >= 4 is 11.6 Å². The third kappa shape index (κ3) is 4.80. The zero-order chi connectivity index (χ0) is 24.1. The van der Waals surface area contributed by atoms with Gasteiger partial charge in [0.25, 0.3) is 5.91 Å². The molecule has 0 fully saturated rings. The van der Waals surface area contributed by atoms with Gasteiger partial charge in [0, 0.05) is 30.0 Å². The van der Waals surface area contributed by atoms with E-state index in [1.54, 1.807) is 12.1 Å². The first kappa shape index (κ1) is 23.5. The summed E-state index contributed by atoms with van der Waals surface area (Å²) in [5.74, 6) is -0.352. The van der Waals surface area contributed by atoms with Gasteiger partial charge in [-0.05, 0) is 60.5 Å². The molecule has 0 aliphatic carbocycles. The first-order valence-corrected chi connectivity index (χ1v) is 11.6. The minimum absolute atomic E-state index is 0.0880. The number of amides is 1. The van der Waals surface area contributed by atoms with Crippen LogP contribution in [0, 0.1) is 5.82 Å². The molecule has 1 aromatic heterocycles. The summed E-state index contributed by atoms with van der Waals surface area (Å²) >= 11 is 0. The Morgan fingerprint density at radius 1 is 0.882 bits per heavy atom. The van der Waals surface area contributed by atoms with E-state index >= 15 is 0 Å². The molecule has 1 amide bonds. The maximum Gasteiger partial charge on any atom is 0.258 e. The van der Waals surface area contributed by atoms with Crippen molar-refractivity contribution in [1.82, 2.24) is 9.88 Å². The van der Waals surface area contributed by atoms with Crippen LogP contribution in [0.25, 0.3) is 22.4 Å². The van der Waals surface area contributed by atoms with Gasteiger partial charge in [-0.1, -0.05) is 62.4 Å². The number of hydrogen-bond acceptors (Lipinski definition) is 2. The Bertz CT molecular complexity index is 1250. The van der Waals surface area contributed by atoms with Crippen molar-refractivity contribution in [3.63, 3.8) is 0 Å². The van der Waals surface area contributed by atoms with Crippen LogP contribution in [0.15, 0.2) is 84.9 Å². The highest BCUT2D eigenvalue weighted by Crippen LogP contribution is 2.42. The van der Waals surface area contributed by atoms with E-state index in [9.17, 15) is 9.18 Å². The molecule has 4 rings (SSSR count). The van der Waals surface area contributed by atoms with Crippen LogP contribution in [0.5, 0.6) is 0 Å². The molecule has 2 N–H and O–H groups in total. The number of anilines is 1. The second-order valence-corrected chi connectivity index (χ2v) is 8.59. The van der Waals surface area contributed by atoms with Gasteiger partial charge in [-0.15, -0.1) is 0 Å².